The average molecular weight is 364 g/mol. The van der Waals surface area contributed by atoms with Crippen LogP contribution in [0.3, 0.4) is 0 Å². The highest BCUT2D eigenvalue weighted by molar-refractivity contribution is 14.1. The molecule has 2 aromatic rings. The molecule has 0 saturated carbocycles. The maximum Gasteiger partial charge on any atom is 0.164 e. The van der Waals surface area contributed by atoms with Crippen molar-refractivity contribution in [3.05, 3.63) is 44.9 Å². The van der Waals surface area contributed by atoms with Crippen molar-refractivity contribution in [1.29, 1.82) is 0 Å². The lowest BCUT2D eigenvalue weighted by atomic mass is 10.3. The summed E-state index contributed by atoms with van der Waals surface area (Å²) in [4.78, 5) is 0. The van der Waals surface area contributed by atoms with E-state index in [4.69, 9.17) is 20.8 Å². The first-order valence-electron chi connectivity index (χ1n) is 5.00. The van der Waals surface area contributed by atoms with Crippen LogP contribution in [0.15, 0.2) is 34.7 Å². The smallest absolute Gasteiger partial charge is 0.164 e. The van der Waals surface area contributed by atoms with E-state index in [0.29, 0.717) is 11.6 Å². The van der Waals surface area contributed by atoms with E-state index in [9.17, 15) is 0 Å². The second-order valence-electron chi connectivity index (χ2n) is 3.40. The van der Waals surface area contributed by atoms with Gasteiger partial charge in [-0.25, -0.2) is 0 Å². The van der Waals surface area contributed by atoms with E-state index < -0.39 is 0 Å². The number of benzene rings is 1. The van der Waals surface area contributed by atoms with Gasteiger partial charge in [0.25, 0.3) is 0 Å². The van der Waals surface area contributed by atoms with Gasteiger partial charge >= 0.3 is 0 Å². The summed E-state index contributed by atoms with van der Waals surface area (Å²) in [5, 5.41) is 3.90. The Morgan fingerprint density at radius 2 is 2.18 bits per heavy atom. The van der Waals surface area contributed by atoms with Crippen LogP contribution in [0.5, 0.6) is 5.75 Å². The number of ether oxygens (including phenoxy) is 1. The van der Waals surface area contributed by atoms with Crippen molar-refractivity contribution < 1.29 is 9.15 Å². The van der Waals surface area contributed by atoms with Gasteiger partial charge in [-0.2, -0.15) is 0 Å². The molecule has 0 aliphatic rings. The SMILES string of the molecule is COc1ccc(Cl)cc1NCc1ccc(I)o1. The van der Waals surface area contributed by atoms with Crippen molar-refractivity contribution in [1.82, 2.24) is 0 Å². The monoisotopic (exact) mass is 363 g/mol. The van der Waals surface area contributed by atoms with Crippen LogP contribution in [0.2, 0.25) is 5.02 Å². The Kier molecular flexibility index (Phi) is 4.17. The Labute approximate surface area is 118 Å². The molecule has 0 spiro atoms. The van der Waals surface area contributed by atoms with Gasteiger partial charge in [-0.05, 0) is 52.9 Å². The van der Waals surface area contributed by atoms with Gasteiger partial charge in [-0.1, -0.05) is 11.6 Å². The van der Waals surface area contributed by atoms with Gasteiger partial charge in [0.15, 0.2) is 3.77 Å². The minimum absolute atomic E-state index is 0.597. The fourth-order valence-corrected chi connectivity index (χ4v) is 2.08. The van der Waals surface area contributed by atoms with Crippen molar-refractivity contribution in [2.24, 2.45) is 0 Å². The standard InChI is InChI=1S/C12H11ClINO2/c1-16-11-4-2-8(13)6-10(11)15-7-9-3-5-12(14)17-9/h2-6,15H,7H2,1H3. The Bertz CT molecular complexity index is 513. The summed E-state index contributed by atoms with van der Waals surface area (Å²) in [6.45, 7) is 0.597. The molecule has 0 fully saturated rings. The highest BCUT2D eigenvalue weighted by atomic mass is 127. The average Bonchev–Trinajstić information content (AvgIpc) is 2.73. The maximum atomic E-state index is 5.94. The van der Waals surface area contributed by atoms with Crippen molar-refractivity contribution in [3.63, 3.8) is 0 Å². The van der Waals surface area contributed by atoms with Crippen molar-refractivity contribution in [3.8, 4) is 5.75 Å². The molecule has 0 saturated heterocycles. The van der Waals surface area contributed by atoms with Gasteiger partial charge in [-0.3, -0.25) is 0 Å². The first kappa shape index (κ1) is 12.6. The summed E-state index contributed by atoms with van der Waals surface area (Å²) in [6, 6.07) is 9.31. The van der Waals surface area contributed by atoms with Crippen LogP contribution < -0.4 is 10.1 Å². The van der Waals surface area contributed by atoms with E-state index in [-0.39, 0.29) is 0 Å². The molecule has 1 heterocycles. The van der Waals surface area contributed by atoms with Gasteiger partial charge in [0.1, 0.15) is 11.5 Å². The zero-order valence-corrected chi connectivity index (χ0v) is 12.1. The first-order chi connectivity index (χ1) is 8.19. The molecular formula is C12H11ClINO2. The molecule has 3 nitrogen and oxygen atoms in total. The fourth-order valence-electron chi connectivity index (χ4n) is 1.45. The summed E-state index contributed by atoms with van der Waals surface area (Å²) in [7, 11) is 1.63. The van der Waals surface area contributed by atoms with E-state index in [1.807, 2.05) is 24.3 Å². The number of nitrogens with one attached hydrogen (secondary N) is 1. The lowest BCUT2D eigenvalue weighted by Crippen LogP contribution is -2.00. The summed E-state index contributed by atoms with van der Waals surface area (Å²) in [5.74, 6) is 1.63. The number of methoxy groups -OCH3 is 1. The number of halogens is 2. The lowest BCUT2D eigenvalue weighted by Gasteiger charge is -2.10. The zero-order chi connectivity index (χ0) is 12.3. The quantitative estimate of drug-likeness (QED) is 0.828. The molecule has 0 aliphatic carbocycles. The van der Waals surface area contributed by atoms with Crippen LogP contribution in [0.1, 0.15) is 5.76 Å². The third-order valence-corrected chi connectivity index (χ3v) is 3.06. The molecule has 17 heavy (non-hydrogen) atoms. The second-order valence-corrected chi connectivity index (χ2v) is 4.90. The first-order valence-corrected chi connectivity index (χ1v) is 6.46. The molecule has 0 atom stereocenters. The summed E-state index contributed by atoms with van der Waals surface area (Å²) in [5.41, 5.74) is 0.853. The molecule has 0 radical (unpaired) electrons. The molecule has 90 valence electrons. The van der Waals surface area contributed by atoms with Gasteiger partial charge < -0.3 is 14.5 Å². The topological polar surface area (TPSA) is 34.4 Å². The molecule has 1 aromatic heterocycles. The van der Waals surface area contributed by atoms with Crippen LogP contribution in [0, 0.1) is 3.77 Å². The highest BCUT2D eigenvalue weighted by Gasteiger charge is 2.05. The third kappa shape index (κ3) is 3.29. The number of hydrogen-bond donors (Lipinski definition) is 1. The van der Waals surface area contributed by atoms with Crippen LogP contribution in [0.25, 0.3) is 0 Å². The largest absolute Gasteiger partial charge is 0.495 e. The van der Waals surface area contributed by atoms with E-state index in [0.717, 1.165) is 21.0 Å². The Hall–Kier alpha value is -0.880. The molecular weight excluding hydrogens is 352 g/mol. The molecule has 0 amide bonds. The van der Waals surface area contributed by atoms with E-state index in [1.54, 1.807) is 13.2 Å². The van der Waals surface area contributed by atoms with Gasteiger partial charge in [0.05, 0.1) is 19.3 Å². The van der Waals surface area contributed by atoms with Crippen molar-refractivity contribution >= 4 is 39.9 Å². The van der Waals surface area contributed by atoms with Gasteiger partial charge in [0, 0.05) is 5.02 Å². The Morgan fingerprint density at radius 3 is 2.82 bits per heavy atom. The van der Waals surface area contributed by atoms with E-state index in [2.05, 4.69) is 27.9 Å². The molecule has 0 bridgehead atoms. The maximum absolute atomic E-state index is 5.94. The van der Waals surface area contributed by atoms with E-state index in [1.165, 1.54) is 0 Å². The fraction of sp³-hybridized carbons (Fsp3) is 0.167. The molecule has 5 heteroatoms. The molecule has 0 unspecified atom stereocenters. The second kappa shape index (κ2) is 5.64. The number of hydrogen-bond acceptors (Lipinski definition) is 3. The molecule has 1 aromatic carbocycles. The summed E-state index contributed by atoms with van der Waals surface area (Å²) < 4.78 is 11.6. The van der Waals surface area contributed by atoms with Crippen LogP contribution in [0.4, 0.5) is 5.69 Å². The predicted octanol–water partition coefficient (Wildman–Crippen LogP) is 4.16. The van der Waals surface area contributed by atoms with Crippen LogP contribution in [-0.4, -0.2) is 7.11 Å². The number of rotatable bonds is 4. The van der Waals surface area contributed by atoms with Crippen molar-refractivity contribution in [2.75, 3.05) is 12.4 Å². The predicted molar refractivity (Wildman–Crippen MR) is 76.8 cm³/mol. The van der Waals surface area contributed by atoms with Crippen LogP contribution in [-0.2, 0) is 6.54 Å². The molecule has 1 N–H and O–H groups in total. The third-order valence-electron chi connectivity index (χ3n) is 2.24. The summed E-state index contributed by atoms with van der Waals surface area (Å²) >= 11 is 8.07. The molecule has 2 rings (SSSR count). The van der Waals surface area contributed by atoms with Crippen LogP contribution >= 0.6 is 34.2 Å². The Morgan fingerprint density at radius 1 is 1.35 bits per heavy atom. The minimum Gasteiger partial charge on any atom is -0.495 e. The highest BCUT2D eigenvalue weighted by Crippen LogP contribution is 2.28. The van der Waals surface area contributed by atoms with Gasteiger partial charge in [0.2, 0.25) is 0 Å². The Balaban J connectivity index is 2.10. The zero-order valence-electron chi connectivity index (χ0n) is 9.17. The number of anilines is 1. The lowest BCUT2D eigenvalue weighted by molar-refractivity contribution is 0.416. The van der Waals surface area contributed by atoms with E-state index >= 15 is 0 Å². The normalized spacial score (nSPS) is 10.3. The van der Waals surface area contributed by atoms with Gasteiger partial charge in [-0.15, -0.1) is 0 Å². The summed E-state index contributed by atoms with van der Waals surface area (Å²) in [6.07, 6.45) is 0. The molecule has 0 aliphatic heterocycles. The van der Waals surface area contributed by atoms with Crippen molar-refractivity contribution in [2.45, 2.75) is 6.54 Å². The minimum atomic E-state index is 0.597. The number of furan rings is 1.